The number of benzene rings is 2. The van der Waals surface area contributed by atoms with Gasteiger partial charge in [-0.25, -0.2) is 4.79 Å². The molecule has 2 atom stereocenters. The third kappa shape index (κ3) is 3.54. The highest BCUT2D eigenvalue weighted by molar-refractivity contribution is 6.15. The van der Waals surface area contributed by atoms with Crippen molar-refractivity contribution in [3.05, 3.63) is 65.7 Å². The summed E-state index contributed by atoms with van der Waals surface area (Å²) >= 11 is 0. The molecule has 2 saturated heterocycles. The molecule has 0 spiro atoms. The number of ether oxygens (including phenoxy) is 1. The first-order chi connectivity index (χ1) is 16.0. The van der Waals surface area contributed by atoms with E-state index in [1.54, 1.807) is 21.7 Å². The van der Waals surface area contributed by atoms with Crippen LogP contribution in [0.25, 0.3) is 0 Å². The van der Waals surface area contributed by atoms with Crippen molar-refractivity contribution in [3.63, 3.8) is 0 Å². The average Bonchev–Trinajstić information content (AvgIpc) is 3.29. The van der Waals surface area contributed by atoms with Crippen LogP contribution in [0.2, 0.25) is 0 Å². The average molecular weight is 449 g/mol. The number of anilines is 1. The molecule has 2 aromatic rings. The van der Waals surface area contributed by atoms with E-state index in [2.05, 4.69) is 5.32 Å². The number of hydrogen-bond donors (Lipinski definition) is 1. The molecule has 0 bridgehead atoms. The van der Waals surface area contributed by atoms with Gasteiger partial charge in [-0.3, -0.25) is 9.59 Å². The number of para-hydroxylation sites is 1. The summed E-state index contributed by atoms with van der Waals surface area (Å²) in [4.78, 5) is 45.8. The van der Waals surface area contributed by atoms with Gasteiger partial charge in [0.2, 0.25) is 11.8 Å². The van der Waals surface area contributed by atoms with Crippen LogP contribution < -0.4 is 10.2 Å². The predicted molar refractivity (Wildman–Crippen MR) is 123 cm³/mol. The summed E-state index contributed by atoms with van der Waals surface area (Å²) < 4.78 is 5.42. The number of hydrogen-bond acceptors (Lipinski definition) is 4. The minimum atomic E-state index is -1.33. The molecule has 4 amide bonds. The summed E-state index contributed by atoms with van der Waals surface area (Å²) in [5.74, 6) is -0.850. The van der Waals surface area contributed by atoms with Crippen molar-refractivity contribution in [2.45, 2.75) is 12.5 Å². The number of rotatable bonds is 3. The normalized spacial score (nSPS) is 24.3. The van der Waals surface area contributed by atoms with E-state index in [1.807, 2.05) is 54.6 Å². The Balaban J connectivity index is 1.47. The fourth-order valence-electron chi connectivity index (χ4n) is 5.33. The monoisotopic (exact) mass is 448 g/mol. The van der Waals surface area contributed by atoms with Crippen molar-refractivity contribution in [1.82, 2.24) is 15.1 Å². The number of amides is 4. The molecule has 0 saturated carbocycles. The first-order valence-electron chi connectivity index (χ1n) is 11.3. The van der Waals surface area contributed by atoms with Gasteiger partial charge in [0.05, 0.1) is 13.2 Å². The minimum Gasteiger partial charge on any atom is -0.378 e. The second-order valence-electron chi connectivity index (χ2n) is 8.88. The van der Waals surface area contributed by atoms with E-state index < -0.39 is 11.3 Å². The highest BCUT2D eigenvalue weighted by atomic mass is 16.5. The summed E-state index contributed by atoms with van der Waals surface area (Å²) in [5, 5.41) is 2.95. The van der Waals surface area contributed by atoms with Crippen LogP contribution >= 0.6 is 0 Å². The van der Waals surface area contributed by atoms with E-state index in [4.69, 9.17) is 4.74 Å². The summed E-state index contributed by atoms with van der Waals surface area (Å²) in [6.07, 6.45) is 0. The highest BCUT2D eigenvalue weighted by Gasteiger charge is 2.63. The van der Waals surface area contributed by atoms with Gasteiger partial charge in [0, 0.05) is 51.4 Å². The van der Waals surface area contributed by atoms with Gasteiger partial charge in [-0.15, -0.1) is 0 Å². The second kappa shape index (κ2) is 8.51. The maximum absolute atomic E-state index is 13.9. The van der Waals surface area contributed by atoms with Crippen molar-refractivity contribution >= 4 is 23.5 Å². The first kappa shape index (κ1) is 21.5. The quantitative estimate of drug-likeness (QED) is 0.727. The Morgan fingerprint density at radius 1 is 1.03 bits per heavy atom. The summed E-state index contributed by atoms with van der Waals surface area (Å²) in [7, 11) is 1.71. The number of morpholine rings is 1. The molecule has 0 radical (unpaired) electrons. The molecular weight excluding hydrogens is 420 g/mol. The van der Waals surface area contributed by atoms with E-state index in [0.29, 0.717) is 39.4 Å². The molecule has 2 aromatic carbocycles. The van der Waals surface area contributed by atoms with Crippen LogP contribution in [0.3, 0.4) is 0 Å². The van der Waals surface area contributed by atoms with Crippen LogP contribution in [0.5, 0.6) is 0 Å². The van der Waals surface area contributed by atoms with Crippen molar-refractivity contribution < 1.29 is 19.1 Å². The maximum atomic E-state index is 13.9. The number of carbonyl (C=O) groups excluding carboxylic acids is 3. The molecule has 3 aliphatic rings. The smallest absolute Gasteiger partial charge is 0.317 e. The Morgan fingerprint density at radius 2 is 1.73 bits per heavy atom. The lowest BCUT2D eigenvalue weighted by molar-refractivity contribution is -0.153. The number of urea groups is 1. The van der Waals surface area contributed by atoms with E-state index in [-0.39, 0.29) is 24.4 Å². The van der Waals surface area contributed by atoms with E-state index in [9.17, 15) is 14.4 Å². The molecule has 8 nitrogen and oxygen atoms in total. The van der Waals surface area contributed by atoms with Gasteiger partial charge < -0.3 is 24.8 Å². The molecule has 172 valence electrons. The summed E-state index contributed by atoms with van der Waals surface area (Å²) in [6.45, 7) is 2.57. The molecular formula is C25H28N4O4. The first-order valence-corrected chi connectivity index (χ1v) is 11.3. The van der Waals surface area contributed by atoms with Gasteiger partial charge in [-0.2, -0.15) is 0 Å². The molecule has 5 rings (SSSR count). The number of nitrogens with zero attached hydrogens (tertiary/aromatic N) is 3. The second-order valence-corrected chi connectivity index (χ2v) is 8.88. The van der Waals surface area contributed by atoms with Crippen LogP contribution in [-0.2, 0) is 20.9 Å². The lowest BCUT2D eigenvalue weighted by Crippen LogP contribution is -2.60. The highest BCUT2D eigenvalue weighted by Crippen LogP contribution is 2.52. The molecule has 1 N–H and O–H groups in total. The largest absolute Gasteiger partial charge is 0.378 e. The van der Waals surface area contributed by atoms with Crippen LogP contribution in [0, 0.1) is 5.41 Å². The molecule has 8 heteroatoms. The summed E-state index contributed by atoms with van der Waals surface area (Å²) in [5.41, 5.74) is 1.39. The van der Waals surface area contributed by atoms with Gasteiger partial charge in [-0.1, -0.05) is 48.5 Å². The number of carbonyl (C=O) groups is 3. The number of fused-ring (bicyclic) bond motifs is 3. The van der Waals surface area contributed by atoms with Gasteiger partial charge >= 0.3 is 6.03 Å². The van der Waals surface area contributed by atoms with Gasteiger partial charge in [-0.05, 0) is 17.2 Å². The zero-order valence-electron chi connectivity index (χ0n) is 18.7. The Morgan fingerprint density at radius 3 is 2.48 bits per heavy atom. The lowest BCUT2D eigenvalue weighted by Gasteiger charge is -2.44. The van der Waals surface area contributed by atoms with Crippen LogP contribution in [0.4, 0.5) is 10.5 Å². The Hall–Kier alpha value is -3.39. The van der Waals surface area contributed by atoms with E-state index in [1.165, 1.54) is 0 Å². The Bertz CT molecular complexity index is 1070. The molecule has 2 unspecified atom stereocenters. The van der Waals surface area contributed by atoms with Crippen LogP contribution in [0.1, 0.15) is 17.0 Å². The van der Waals surface area contributed by atoms with Gasteiger partial charge in [0.25, 0.3) is 0 Å². The van der Waals surface area contributed by atoms with Crippen molar-refractivity contribution in [1.29, 1.82) is 0 Å². The third-order valence-electron chi connectivity index (χ3n) is 7.05. The topological polar surface area (TPSA) is 82.2 Å². The molecule has 2 fully saturated rings. The van der Waals surface area contributed by atoms with E-state index in [0.717, 1.165) is 16.8 Å². The standard InChI is InChI=1S/C25H28N4O4/c1-27-21-10-6-5-9-19(21)20-16-29(24(32)26-15-18-7-3-2-4-8-18)17-25(20,22(27)30)23(31)28-11-13-33-14-12-28/h2-10,20H,11-17H2,1H3,(H,26,32). The van der Waals surface area contributed by atoms with Crippen molar-refractivity contribution in [3.8, 4) is 0 Å². The zero-order chi connectivity index (χ0) is 23.0. The van der Waals surface area contributed by atoms with Gasteiger partial charge in [0.15, 0.2) is 5.41 Å². The van der Waals surface area contributed by atoms with Crippen molar-refractivity contribution in [2.75, 3.05) is 51.3 Å². The van der Waals surface area contributed by atoms with Crippen LogP contribution in [0.15, 0.2) is 54.6 Å². The molecule has 0 aromatic heterocycles. The number of nitrogens with one attached hydrogen (secondary N) is 1. The fraction of sp³-hybridized carbons (Fsp3) is 0.400. The lowest BCUT2D eigenvalue weighted by atomic mass is 9.69. The molecule has 33 heavy (non-hydrogen) atoms. The Labute approximate surface area is 193 Å². The van der Waals surface area contributed by atoms with Crippen LogP contribution in [-0.4, -0.2) is 74.1 Å². The third-order valence-corrected chi connectivity index (χ3v) is 7.05. The maximum Gasteiger partial charge on any atom is 0.317 e. The zero-order valence-corrected chi connectivity index (χ0v) is 18.7. The Kier molecular flexibility index (Phi) is 5.54. The molecule has 0 aliphatic carbocycles. The molecule has 3 heterocycles. The SMILES string of the molecule is CN1C(=O)C2(C(=O)N3CCOCC3)CN(C(=O)NCc3ccccc3)CC2c2ccccc21. The summed E-state index contributed by atoms with van der Waals surface area (Å²) in [6, 6.07) is 17.1. The number of likely N-dealkylation sites (tertiary alicyclic amines) is 1. The van der Waals surface area contributed by atoms with Gasteiger partial charge in [0.1, 0.15) is 0 Å². The predicted octanol–water partition coefficient (Wildman–Crippen LogP) is 1.82. The van der Waals surface area contributed by atoms with Crippen molar-refractivity contribution in [2.24, 2.45) is 5.41 Å². The fourth-order valence-corrected chi connectivity index (χ4v) is 5.33. The minimum absolute atomic E-state index is 0.0615. The van der Waals surface area contributed by atoms with E-state index >= 15 is 0 Å². The molecule has 3 aliphatic heterocycles.